The van der Waals surface area contributed by atoms with Gasteiger partial charge >= 0.3 is 10.2 Å². The predicted octanol–water partition coefficient (Wildman–Crippen LogP) is 1.93. The molecule has 0 unspecified atom stereocenters. The van der Waals surface area contributed by atoms with Gasteiger partial charge in [-0.05, 0) is 35.7 Å². The Morgan fingerprint density at radius 1 is 1.12 bits per heavy atom. The van der Waals surface area contributed by atoms with E-state index in [-0.39, 0.29) is 18.5 Å². The number of halogens is 2. The fourth-order valence-corrected chi connectivity index (χ4v) is 3.87. The van der Waals surface area contributed by atoms with Crippen LogP contribution in [0.2, 0.25) is 0 Å². The van der Waals surface area contributed by atoms with Crippen molar-refractivity contribution in [3.63, 3.8) is 0 Å². The third-order valence-electron chi connectivity index (χ3n) is 3.73. The first-order valence-electron chi connectivity index (χ1n) is 7.22. The van der Waals surface area contributed by atoms with E-state index < -0.39 is 27.8 Å². The van der Waals surface area contributed by atoms with E-state index in [2.05, 4.69) is 0 Å². The zero-order chi connectivity index (χ0) is 17.3. The molecule has 0 aliphatic carbocycles. The van der Waals surface area contributed by atoms with Crippen LogP contribution < -0.4 is 9.03 Å². The second-order valence-electron chi connectivity index (χ2n) is 5.41. The maximum atomic E-state index is 13.1. The predicted molar refractivity (Wildman–Crippen MR) is 84.6 cm³/mol. The average Bonchev–Trinajstić information content (AvgIpc) is 2.95. The molecule has 0 saturated carbocycles. The van der Waals surface area contributed by atoms with Crippen LogP contribution in [0.25, 0.3) is 0 Å². The lowest BCUT2D eigenvalue weighted by molar-refractivity contribution is -0.118. The molecule has 1 N–H and O–H groups in total. The Kier molecular flexibility index (Phi) is 4.23. The normalized spacial score (nSPS) is 13.7. The van der Waals surface area contributed by atoms with Crippen molar-refractivity contribution in [2.75, 3.05) is 10.8 Å². The highest BCUT2D eigenvalue weighted by Crippen LogP contribution is 2.29. The lowest BCUT2D eigenvalue weighted by atomic mass is 10.1. The number of benzene rings is 2. The smallest absolute Gasteiger partial charge is 0.274 e. The molecule has 2 aromatic carbocycles. The highest BCUT2D eigenvalue weighted by atomic mass is 32.2. The van der Waals surface area contributed by atoms with Crippen molar-refractivity contribution in [2.45, 2.75) is 12.8 Å². The molecule has 0 saturated heterocycles. The summed E-state index contributed by atoms with van der Waals surface area (Å²) in [4.78, 5) is 12.0. The molecule has 3 rings (SSSR count). The van der Waals surface area contributed by atoms with Crippen LogP contribution in [0.5, 0.6) is 0 Å². The minimum Gasteiger partial charge on any atom is -0.274 e. The molecule has 126 valence electrons. The van der Waals surface area contributed by atoms with Crippen LogP contribution in [0.15, 0.2) is 42.5 Å². The van der Waals surface area contributed by atoms with Gasteiger partial charge in [0.1, 0.15) is 0 Å². The number of anilines is 1. The van der Waals surface area contributed by atoms with Crippen LogP contribution in [-0.2, 0) is 27.8 Å². The van der Waals surface area contributed by atoms with Crippen molar-refractivity contribution in [3.05, 3.63) is 65.2 Å². The Hall–Kier alpha value is -2.48. The van der Waals surface area contributed by atoms with E-state index in [1.807, 2.05) is 16.9 Å². The van der Waals surface area contributed by atoms with Gasteiger partial charge in [-0.1, -0.05) is 24.3 Å². The fourth-order valence-electron chi connectivity index (χ4n) is 2.63. The third kappa shape index (κ3) is 3.23. The first-order chi connectivity index (χ1) is 11.4. The second kappa shape index (κ2) is 6.20. The highest BCUT2D eigenvalue weighted by molar-refractivity contribution is 7.91. The number of fused-ring (bicyclic) bond motifs is 1. The van der Waals surface area contributed by atoms with Crippen LogP contribution in [0.1, 0.15) is 11.1 Å². The van der Waals surface area contributed by atoms with Gasteiger partial charge < -0.3 is 0 Å². The van der Waals surface area contributed by atoms with Crippen molar-refractivity contribution in [1.82, 2.24) is 4.72 Å². The Morgan fingerprint density at radius 3 is 2.62 bits per heavy atom. The van der Waals surface area contributed by atoms with E-state index in [9.17, 15) is 22.0 Å². The molecule has 1 amide bonds. The molecule has 0 radical (unpaired) electrons. The summed E-state index contributed by atoms with van der Waals surface area (Å²) in [7, 11) is -4.05. The molecule has 0 spiro atoms. The lowest BCUT2D eigenvalue weighted by Gasteiger charge is -2.19. The van der Waals surface area contributed by atoms with Gasteiger partial charge in [0.05, 0.1) is 12.1 Å². The molecule has 5 nitrogen and oxygen atoms in total. The van der Waals surface area contributed by atoms with Crippen LogP contribution in [0.4, 0.5) is 14.5 Å². The second-order valence-corrected chi connectivity index (χ2v) is 7.00. The van der Waals surface area contributed by atoms with Crippen molar-refractivity contribution >= 4 is 21.8 Å². The first kappa shape index (κ1) is 16.4. The number of rotatable bonds is 4. The van der Waals surface area contributed by atoms with Crippen LogP contribution in [0, 0.1) is 11.6 Å². The van der Waals surface area contributed by atoms with Crippen LogP contribution >= 0.6 is 0 Å². The SMILES string of the molecule is O=C(Cc1ccc(F)c(F)c1)NS(=O)(=O)N1CCc2ccccc21. The van der Waals surface area contributed by atoms with Gasteiger partial charge in [-0.15, -0.1) is 0 Å². The van der Waals surface area contributed by atoms with Crippen molar-refractivity contribution in [2.24, 2.45) is 0 Å². The van der Waals surface area contributed by atoms with Gasteiger partial charge in [-0.3, -0.25) is 9.10 Å². The number of carbonyl (C=O) groups is 1. The zero-order valence-corrected chi connectivity index (χ0v) is 13.3. The van der Waals surface area contributed by atoms with Crippen molar-refractivity contribution < 1.29 is 22.0 Å². The number of hydrogen-bond acceptors (Lipinski definition) is 3. The average molecular weight is 352 g/mol. The quantitative estimate of drug-likeness (QED) is 0.914. The number of hydrogen-bond donors (Lipinski definition) is 1. The molecule has 0 bridgehead atoms. The van der Waals surface area contributed by atoms with E-state index in [1.54, 1.807) is 12.1 Å². The van der Waals surface area contributed by atoms with E-state index in [0.717, 1.165) is 22.0 Å². The molecular formula is C16H14F2N2O3S. The van der Waals surface area contributed by atoms with Crippen LogP contribution in [-0.4, -0.2) is 20.9 Å². The van der Waals surface area contributed by atoms with E-state index in [1.165, 1.54) is 6.07 Å². The molecule has 0 aromatic heterocycles. The standard InChI is InChI=1S/C16H14F2N2O3S/c17-13-6-5-11(9-14(13)18)10-16(21)19-24(22,23)20-8-7-12-3-1-2-4-15(12)20/h1-6,9H,7-8,10H2,(H,19,21). The van der Waals surface area contributed by atoms with Gasteiger partial charge in [0, 0.05) is 6.54 Å². The molecule has 0 atom stereocenters. The summed E-state index contributed by atoms with van der Waals surface area (Å²) in [6.45, 7) is 0.243. The zero-order valence-electron chi connectivity index (χ0n) is 12.5. The molecule has 0 fully saturated rings. The van der Waals surface area contributed by atoms with Gasteiger partial charge in [0.15, 0.2) is 11.6 Å². The highest BCUT2D eigenvalue weighted by Gasteiger charge is 2.30. The van der Waals surface area contributed by atoms with E-state index >= 15 is 0 Å². The summed E-state index contributed by atoms with van der Waals surface area (Å²) in [5.74, 6) is -2.93. The summed E-state index contributed by atoms with van der Waals surface area (Å²) >= 11 is 0. The number of nitrogens with zero attached hydrogens (tertiary/aromatic N) is 1. The third-order valence-corrected chi connectivity index (χ3v) is 5.17. The fraction of sp³-hybridized carbons (Fsp3) is 0.188. The van der Waals surface area contributed by atoms with Gasteiger partial charge in [0.2, 0.25) is 5.91 Å². The summed E-state index contributed by atoms with van der Waals surface area (Å²) in [5.41, 5.74) is 1.60. The largest absolute Gasteiger partial charge is 0.326 e. The first-order valence-corrected chi connectivity index (χ1v) is 8.66. The Morgan fingerprint density at radius 2 is 1.88 bits per heavy atom. The number of amides is 1. The van der Waals surface area contributed by atoms with Gasteiger partial charge in [-0.2, -0.15) is 8.42 Å². The molecule has 1 aliphatic rings. The monoisotopic (exact) mass is 352 g/mol. The van der Waals surface area contributed by atoms with Crippen LogP contribution in [0.3, 0.4) is 0 Å². The Balaban J connectivity index is 1.73. The number of para-hydroxylation sites is 1. The lowest BCUT2D eigenvalue weighted by Crippen LogP contribution is -2.43. The molecule has 1 aliphatic heterocycles. The van der Waals surface area contributed by atoms with Gasteiger partial charge in [-0.25, -0.2) is 13.5 Å². The summed E-state index contributed by atoms with van der Waals surface area (Å²) in [5, 5.41) is 0. The molecule has 24 heavy (non-hydrogen) atoms. The van der Waals surface area contributed by atoms with E-state index in [0.29, 0.717) is 12.1 Å². The number of nitrogens with one attached hydrogen (secondary N) is 1. The van der Waals surface area contributed by atoms with Gasteiger partial charge in [0.25, 0.3) is 0 Å². The minimum absolute atomic E-state index is 0.184. The summed E-state index contributed by atoms with van der Waals surface area (Å²) < 4.78 is 53.9. The minimum atomic E-state index is -4.05. The maximum Gasteiger partial charge on any atom is 0.326 e. The number of carbonyl (C=O) groups excluding carboxylic acids is 1. The molecule has 8 heteroatoms. The van der Waals surface area contributed by atoms with E-state index in [4.69, 9.17) is 0 Å². The Labute approximate surface area is 138 Å². The Bertz CT molecular complexity index is 900. The molecule has 2 aromatic rings. The molecular weight excluding hydrogens is 338 g/mol. The maximum absolute atomic E-state index is 13.1. The summed E-state index contributed by atoms with van der Waals surface area (Å²) in [6.07, 6.45) is 0.195. The summed E-state index contributed by atoms with van der Waals surface area (Å²) in [6, 6.07) is 10.0. The topological polar surface area (TPSA) is 66.5 Å². The van der Waals surface area contributed by atoms with Crippen molar-refractivity contribution in [3.8, 4) is 0 Å². The van der Waals surface area contributed by atoms with Crippen molar-refractivity contribution in [1.29, 1.82) is 0 Å². The molecule has 1 heterocycles.